The van der Waals surface area contributed by atoms with Crippen LogP contribution in [0.3, 0.4) is 0 Å². The van der Waals surface area contributed by atoms with Gasteiger partial charge < -0.3 is 10.5 Å². The summed E-state index contributed by atoms with van der Waals surface area (Å²) in [5.74, 6) is 0.200. The Hall–Kier alpha value is -0.570. The fourth-order valence-electron chi connectivity index (χ4n) is 0.663. The van der Waals surface area contributed by atoms with Gasteiger partial charge in [0.05, 0.1) is 12.4 Å². The highest BCUT2D eigenvalue weighted by atomic mass is 16.5. The molecule has 0 unspecified atom stereocenters. The molecule has 3 heteroatoms. The Kier molecular flexibility index (Phi) is 4.90. The van der Waals surface area contributed by atoms with E-state index in [1.165, 1.54) is 0 Å². The van der Waals surface area contributed by atoms with E-state index < -0.39 is 0 Å². The molecule has 12 heavy (non-hydrogen) atoms. The highest BCUT2D eigenvalue weighted by molar-refractivity contribution is 5.76. The smallest absolute Gasteiger partial charge is 0.0928 e. The SMILES string of the molecule is CC(C)(C)CCOCCC(=N)N. The van der Waals surface area contributed by atoms with E-state index in [2.05, 4.69) is 20.8 Å². The molecule has 0 aromatic rings. The van der Waals surface area contributed by atoms with Gasteiger partial charge in [-0.05, 0) is 11.8 Å². The van der Waals surface area contributed by atoms with E-state index in [1.54, 1.807) is 0 Å². The Morgan fingerprint density at radius 2 is 1.92 bits per heavy atom. The van der Waals surface area contributed by atoms with Crippen LogP contribution in [0.1, 0.15) is 33.6 Å². The average Bonchev–Trinajstić information content (AvgIpc) is 1.83. The summed E-state index contributed by atoms with van der Waals surface area (Å²) < 4.78 is 5.30. The molecule has 0 aromatic heterocycles. The first-order valence-corrected chi connectivity index (χ1v) is 4.32. The molecule has 0 bridgehead atoms. The van der Waals surface area contributed by atoms with Gasteiger partial charge in [0, 0.05) is 13.0 Å². The first-order valence-electron chi connectivity index (χ1n) is 4.32. The van der Waals surface area contributed by atoms with Gasteiger partial charge in [0.1, 0.15) is 0 Å². The van der Waals surface area contributed by atoms with Crippen molar-refractivity contribution in [3.8, 4) is 0 Å². The van der Waals surface area contributed by atoms with Crippen LogP contribution < -0.4 is 5.73 Å². The summed E-state index contributed by atoms with van der Waals surface area (Å²) in [4.78, 5) is 0. The Bertz CT molecular complexity index is 138. The van der Waals surface area contributed by atoms with Crippen LogP contribution in [-0.4, -0.2) is 19.0 Å². The van der Waals surface area contributed by atoms with Crippen LogP contribution in [-0.2, 0) is 4.74 Å². The zero-order valence-electron chi connectivity index (χ0n) is 8.31. The fraction of sp³-hybridized carbons (Fsp3) is 0.889. The maximum Gasteiger partial charge on any atom is 0.0928 e. The average molecular weight is 172 g/mol. The van der Waals surface area contributed by atoms with Gasteiger partial charge in [-0.25, -0.2) is 0 Å². The van der Waals surface area contributed by atoms with E-state index in [0.29, 0.717) is 18.4 Å². The molecule has 0 aliphatic rings. The number of nitrogens with one attached hydrogen (secondary N) is 1. The van der Waals surface area contributed by atoms with Gasteiger partial charge in [0.15, 0.2) is 0 Å². The van der Waals surface area contributed by atoms with Gasteiger partial charge in [0.2, 0.25) is 0 Å². The molecule has 3 nitrogen and oxygen atoms in total. The van der Waals surface area contributed by atoms with Crippen molar-refractivity contribution < 1.29 is 4.74 Å². The van der Waals surface area contributed by atoms with Crippen molar-refractivity contribution >= 4 is 5.84 Å². The fourth-order valence-corrected chi connectivity index (χ4v) is 0.663. The van der Waals surface area contributed by atoms with E-state index in [1.807, 2.05) is 0 Å². The molecule has 0 amide bonds. The summed E-state index contributed by atoms with van der Waals surface area (Å²) in [5, 5.41) is 6.95. The number of rotatable bonds is 5. The summed E-state index contributed by atoms with van der Waals surface area (Å²) in [7, 11) is 0. The molecular weight excluding hydrogens is 152 g/mol. The summed E-state index contributed by atoms with van der Waals surface area (Å²) in [6.45, 7) is 7.88. The van der Waals surface area contributed by atoms with E-state index >= 15 is 0 Å². The van der Waals surface area contributed by atoms with Gasteiger partial charge in [-0.1, -0.05) is 20.8 Å². The van der Waals surface area contributed by atoms with Gasteiger partial charge >= 0.3 is 0 Å². The number of hydrogen-bond donors (Lipinski definition) is 2. The molecule has 0 radical (unpaired) electrons. The van der Waals surface area contributed by atoms with Crippen molar-refractivity contribution in [2.75, 3.05) is 13.2 Å². The second-order valence-corrected chi connectivity index (χ2v) is 4.20. The lowest BCUT2D eigenvalue weighted by atomic mass is 9.93. The van der Waals surface area contributed by atoms with Crippen molar-refractivity contribution in [2.45, 2.75) is 33.6 Å². The molecule has 0 rings (SSSR count). The maximum atomic E-state index is 6.95. The van der Waals surface area contributed by atoms with Crippen molar-refractivity contribution in [3.63, 3.8) is 0 Å². The molecule has 3 N–H and O–H groups in total. The van der Waals surface area contributed by atoms with Crippen LogP contribution >= 0.6 is 0 Å². The largest absolute Gasteiger partial charge is 0.388 e. The minimum atomic E-state index is 0.200. The Labute approximate surface area is 74.8 Å². The van der Waals surface area contributed by atoms with Gasteiger partial charge in [0.25, 0.3) is 0 Å². The second kappa shape index (κ2) is 5.14. The molecular formula is C9H20N2O. The summed E-state index contributed by atoms with van der Waals surface area (Å²) in [6.07, 6.45) is 1.59. The standard InChI is InChI=1S/C9H20N2O/c1-9(2,3)5-7-12-6-4-8(10)11/h4-7H2,1-3H3,(H3,10,11). The monoisotopic (exact) mass is 172 g/mol. The van der Waals surface area contributed by atoms with Crippen LogP contribution in [0, 0.1) is 10.8 Å². The zero-order valence-corrected chi connectivity index (χ0v) is 8.31. The first kappa shape index (κ1) is 11.4. The summed E-state index contributed by atoms with van der Waals surface area (Å²) in [6, 6.07) is 0. The number of ether oxygens (including phenoxy) is 1. The topological polar surface area (TPSA) is 59.1 Å². The molecule has 0 atom stereocenters. The molecule has 0 aliphatic carbocycles. The third kappa shape index (κ3) is 9.43. The third-order valence-corrected chi connectivity index (χ3v) is 1.51. The minimum Gasteiger partial charge on any atom is -0.388 e. The maximum absolute atomic E-state index is 6.95. The van der Waals surface area contributed by atoms with Crippen molar-refractivity contribution in [2.24, 2.45) is 11.1 Å². The van der Waals surface area contributed by atoms with Crippen molar-refractivity contribution in [3.05, 3.63) is 0 Å². The predicted molar refractivity (Wildman–Crippen MR) is 51.4 cm³/mol. The molecule has 0 heterocycles. The van der Waals surface area contributed by atoms with Crippen LogP contribution in [0.25, 0.3) is 0 Å². The predicted octanol–water partition coefficient (Wildman–Crippen LogP) is 1.77. The molecule has 0 aromatic carbocycles. The molecule has 72 valence electrons. The van der Waals surface area contributed by atoms with Crippen LogP contribution in [0.5, 0.6) is 0 Å². The second-order valence-electron chi connectivity index (χ2n) is 4.20. The molecule has 0 fully saturated rings. The normalized spacial score (nSPS) is 11.6. The minimum absolute atomic E-state index is 0.200. The lowest BCUT2D eigenvalue weighted by Gasteiger charge is -2.17. The number of nitrogens with two attached hydrogens (primary N) is 1. The summed E-state index contributed by atoms with van der Waals surface area (Å²) >= 11 is 0. The Morgan fingerprint density at radius 3 is 2.33 bits per heavy atom. The van der Waals surface area contributed by atoms with E-state index in [9.17, 15) is 0 Å². The lowest BCUT2D eigenvalue weighted by Crippen LogP contribution is -2.14. The molecule has 0 saturated heterocycles. The van der Waals surface area contributed by atoms with Crippen LogP contribution in [0.4, 0.5) is 0 Å². The van der Waals surface area contributed by atoms with Crippen molar-refractivity contribution in [1.29, 1.82) is 5.41 Å². The summed E-state index contributed by atoms with van der Waals surface area (Å²) in [5.41, 5.74) is 5.49. The van der Waals surface area contributed by atoms with Crippen molar-refractivity contribution in [1.82, 2.24) is 0 Å². The number of hydrogen-bond acceptors (Lipinski definition) is 2. The van der Waals surface area contributed by atoms with Crippen LogP contribution in [0.2, 0.25) is 0 Å². The Balaban J connectivity index is 3.17. The molecule has 0 spiro atoms. The molecule has 0 aliphatic heterocycles. The third-order valence-electron chi connectivity index (χ3n) is 1.51. The first-order chi connectivity index (χ1) is 5.42. The van der Waals surface area contributed by atoms with Gasteiger partial charge in [-0.3, -0.25) is 5.41 Å². The Morgan fingerprint density at radius 1 is 1.33 bits per heavy atom. The van der Waals surface area contributed by atoms with Gasteiger partial charge in [-0.2, -0.15) is 0 Å². The van der Waals surface area contributed by atoms with Crippen LogP contribution in [0.15, 0.2) is 0 Å². The lowest BCUT2D eigenvalue weighted by molar-refractivity contribution is 0.114. The van der Waals surface area contributed by atoms with E-state index in [-0.39, 0.29) is 5.84 Å². The van der Waals surface area contributed by atoms with E-state index in [4.69, 9.17) is 15.9 Å². The number of amidine groups is 1. The highest BCUT2D eigenvalue weighted by Crippen LogP contribution is 2.17. The zero-order chi connectivity index (χ0) is 9.61. The molecule has 0 saturated carbocycles. The van der Waals surface area contributed by atoms with Gasteiger partial charge in [-0.15, -0.1) is 0 Å². The highest BCUT2D eigenvalue weighted by Gasteiger charge is 2.08. The van der Waals surface area contributed by atoms with E-state index in [0.717, 1.165) is 13.0 Å². The quantitative estimate of drug-likeness (QED) is 0.377.